The zero-order valence-corrected chi connectivity index (χ0v) is 4.89. The molecular formula is C5H12N2O. The molecule has 0 bridgehead atoms. The lowest BCUT2D eigenvalue weighted by molar-refractivity contribution is -0.0209. The van der Waals surface area contributed by atoms with Gasteiger partial charge in [-0.2, -0.15) is 0 Å². The van der Waals surface area contributed by atoms with Gasteiger partial charge in [0.05, 0.1) is 6.10 Å². The van der Waals surface area contributed by atoms with Crippen LogP contribution in [0.25, 0.3) is 0 Å². The fourth-order valence-corrected chi connectivity index (χ4v) is 1.10. The first kappa shape index (κ1) is 6.01. The van der Waals surface area contributed by atoms with Crippen molar-refractivity contribution in [2.75, 3.05) is 0 Å². The Bertz CT molecular complexity index is 61.4. The van der Waals surface area contributed by atoms with Gasteiger partial charge in [-0.25, -0.2) is 5.84 Å². The highest BCUT2D eigenvalue weighted by molar-refractivity contribution is 4.65. The summed E-state index contributed by atoms with van der Waals surface area (Å²) < 4.78 is 0. The van der Waals surface area contributed by atoms with Crippen LogP contribution in [0.4, 0.5) is 0 Å². The van der Waals surface area contributed by atoms with Crippen LogP contribution in [0, 0.1) is 0 Å². The highest BCUT2D eigenvalue weighted by Gasteiger charge is 2.14. The van der Waals surface area contributed by atoms with E-state index in [2.05, 4.69) is 5.59 Å². The van der Waals surface area contributed by atoms with Crippen molar-refractivity contribution in [3.63, 3.8) is 0 Å². The van der Waals surface area contributed by atoms with Gasteiger partial charge in [0.25, 0.3) is 0 Å². The van der Waals surface area contributed by atoms with Gasteiger partial charge in [-0.15, -0.1) is 5.59 Å². The second-order valence-corrected chi connectivity index (χ2v) is 2.14. The SMILES string of the molecule is NNOC1CCCC1. The topological polar surface area (TPSA) is 47.3 Å². The van der Waals surface area contributed by atoms with Gasteiger partial charge in [0, 0.05) is 0 Å². The van der Waals surface area contributed by atoms with E-state index in [0.29, 0.717) is 6.10 Å². The highest BCUT2D eigenvalue weighted by atomic mass is 16.7. The summed E-state index contributed by atoms with van der Waals surface area (Å²) in [5, 5.41) is 0. The number of rotatable bonds is 2. The van der Waals surface area contributed by atoms with E-state index < -0.39 is 0 Å². The van der Waals surface area contributed by atoms with Crippen LogP contribution in [0.1, 0.15) is 25.7 Å². The van der Waals surface area contributed by atoms with Gasteiger partial charge in [-0.3, -0.25) is 4.84 Å². The van der Waals surface area contributed by atoms with Crippen molar-refractivity contribution in [3.05, 3.63) is 0 Å². The van der Waals surface area contributed by atoms with Gasteiger partial charge in [-0.05, 0) is 12.8 Å². The van der Waals surface area contributed by atoms with Gasteiger partial charge in [0.15, 0.2) is 0 Å². The predicted molar refractivity (Wildman–Crippen MR) is 30.7 cm³/mol. The highest BCUT2D eigenvalue weighted by Crippen LogP contribution is 2.19. The number of nitrogens with two attached hydrogens (primary N) is 1. The van der Waals surface area contributed by atoms with Gasteiger partial charge in [0.1, 0.15) is 0 Å². The maximum Gasteiger partial charge on any atom is 0.0806 e. The van der Waals surface area contributed by atoms with Crippen molar-refractivity contribution >= 4 is 0 Å². The van der Waals surface area contributed by atoms with Crippen LogP contribution < -0.4 is 11.4 Å². The normalized spacial score (nSPS) is 22.1. The van der Waals surface area contributed by atoms with E-state index in [-0.39, 0.29) is 0 Å². The fourth-order valence-electron chi connectivity index (χ4n) is 1.10. The van der Waals surface area contributed by atoms with E-state index in [0.717, 1.165) is 12.8 Å². The molecule has 0 amide bonds. The molecule has 3 nitrogen and oxygen atoms in total. The molecule has 1 rings (SSSR count). The van der Waals surface area contributed by atoms with Crippen LogP contribution in [0.2, 0.25) is 0 Å². The van der Waals surface area contributed by atoms with Crippen molar-refractivity contribution in [2.45, 2.75) is 31.8 Å². The molecule has 8 heavy (non-hydrogen) atoms. The van der Waals surface area contributed by atoms with E-state index in [4.69, 9.17) is 10.7 Å². The van der Waals surface area contributed by atoms with Crippen LogP contribution in [0.15, 0.2) is 0 Å². The Morgan fingerprint density at radius 1 is 1.38 bits per heavy atom. The zero-order chi connectivity index (χ0) is 5.82. The van der Waals surface area contributed by atoms with E-state index in [1.54, 1.807) is 0 Å². The molecule has 48 valence electrons. The first-order chi connectivity index (χ1) is 3.93. The number of nitrogens with one attached hydrogen (secondary N) is 1. The lowest BCUT2D eigenvalue weighted by atomic mass is 10.3. The van der Waals surface area contributed by atoms with Crippen LogP contribution >= 0.6 is 0 Å². The molecule has 0 radical (unpaired) electrons. The minimum absolute atomic E-state index is 0.375. The van der Waals surface area contributed by atoms with Crippen molar-refractivity contribution in [2.24, 2.45) is 5.84 Å². The Kier molecular flexibility index (Phi) is 2.27. The largest absolute Gasteiger partial charge is 0.284 e. The third-order valence-corrected chi connectivity index (χ3v) is 1.54. The van der Waals surface area contributed by atoms with Gasteiger partial charge in [-0.1, -0.05) is 12.8 Å². The lowest BCUT2D eigenvalue weighted by Crippen LogP contribution is -2.27. The molecule has 0 aromatic carbocycles. The van der Waals surface area contributed by atoms with Crippen LogP contribution in [-0.4, -0.2) is 6.10 Å². The average Bonchev–Trinajstić information content (AvgIpc) is 2.19. The summed E-state index contributed by atoms with van der Waals surface area (Å²) in [5.74, 6) is 4.94. The molecule has 0 aromatic heterocycles. The number of hydrazine groups is 1. The standard InChI is InChI=1S/C5H12N2O/c6-7-8-5-3-1-2-4-5/h5,7H,1-4,6H2. The van der Waals surface area contributed by atoms with Crippen LogP contribution in [0.3, 0.4) is 0 Å². The van der Waals surface area contributed by atoms with Gasteiger partial charge in [0.2, 0.25) is 0 Å². The van der Waals surface area contributed by atoms with E-state index in [1.807, 2.05) is 0 Å². The van der Waals surface area contributed by atoms with Gasteiger partial charge >= 0.3 is 0 Å². The third-order valence-electron chi connectivity index (χ3n) is 1.54. The minimum Gasteiger partial charge on any atom is -0.284 e. The second-order valence-electron chi connectivity index (χ2n) is 2.14. The van der Waals surface area contributed by atoms with Crippen molar-refractivity contribution < 1.29 is 4.84 Å². The van der Waals surface area contributed by atoms with E-state index in [1.165, 1.54) is 12.8 Å². The van der Waals surface area contributed by atoms with E-state index in [9.17, 15) is 0 Å². The molecule has 1 aliphatic rings. The Morgan fingerprint density at radius 2 is 2.00 bits per heavy atom. The summed E-state index contributed by atoms with van der Waals surface area (Å²) in [6, 6.07) is 0. The Hall–Kier alpha value is -0.120. The van der Waals surface area contributed by atoms with Crippen molar-refractivity contribution in [1.29, 1.82) is 0 Å². The maximum atomic E-state index is 4.94. The molecule has 0 heterocycles. The summed E-state index contributed by atoms with van der Waals surface area (Å²) in [7, 11) is 0. The van der Waals surface area contributed by atoms with Crippen molar-refractivity contribution in [3.8, 4) is 0 Å². The number of hydrogen-bond acceptors (Lipinski definition) is 3. The van der Waals surface area contributed by atoms with Crippen molar-refractivity contribution in [1.82, 2.24) is 5.59 Å². The molecule has 1 aliphatic carbocycles. The minimum atomic E-state index is 0.375. The Labute approximate surface area is 49.1 Å². The smallest absolute Gasteiger partial charge is 0.0806 e. The molecule has 0 saturated heterocycles. The monoisotopic (exact) mass is 116 g/mol. The fraction of sp³-hybridized carbons (Fsp3) is 1.00. The first-order valence-electron chi connectivity index (χ1n) is 3.04. The predicted octanol–water partition coefficient (Wildman–Crippen LogP) is 0.324. The third kappa shape index (κ3) is 1.43. The Balaban J connectivity index is 2.06. The zero-order valence-electron chi connectivity index (χ0n) is 4.89. The van der Waals surface area contributed by atoms with E-state index >= 15 is 0 Å². The molecule has 0 atom stereocenters. The lowest BCUT2D eigenvalue weighted by Gasteiger charge is -2.06. The Morgan fingerprint density at radius 3 is 2.50 bits per heavy atom. The quantitative estimate of drug-likeness (QED) is 0.403. The molecule has 0 aliphatic heterocycles. The molecule has 1 fully saturated rings. The second kappa shape index (κ2) is 3.02. The molecule has 0 spiro atoms. The molecule has 0 unspecified atom stereocenters. The maximum absolute atomic E-state index is 4.94. The molecule has 3 heteroatoms. The summed E-state index contributed by atoms with van der Waals surface area (Å²) in [5.41, 5.74) is 2.21. The summed E-state index contributed by atoms with van der Waals surface area (Å²) in [4.78, 5) is 4.93. The van der Waals surface area contributed by atoms with Crippen LogP contribution in [-0.2, 0) is 4.84 Å². The van der Waals surface area contributed by atoms with Gasteiger partial charge < -0.3 is 0 Å². The first-order valence-corrected chi connectivity index (χ1v) is 3.04. The summed E-state index contributed by atoms with van der Waals surface area (Å²) >= 11 is 0. The molecule has 0 aromatic rings. The van der Waals surface area contributed by atoms with Crippen LogP contribution in [0.5, 0.6) is 0 Å². The summed E-state index contributed by atoms with van der Waals surface area (Å²) in [6.45, 7) is 0. The molecule has 3 N–H and O–H groups in total. The molecule has 1 saturated carbocycles. The number of hydrogen-bond donors (Lipinski definition) is 2. The molecular weight excluding hydrogens is 104 g/mol. The average molecular weight is 116 g/mol. The summed E-state index contributed by atoms with van der Waals surface area (Å²) in [6.07, 6.45) is 5.26.